The van der Waals surface area contributed by atoms with E-state index in [2.05, 4.69) is 0 Å². The molecule has 1 aliphatic rings. The van der Waals surface area contributed by atoms with Crippen LogP contribution in [0, 0.1) is 0 Å². The van der Waals surface area contributed by atoms with Gasteiger partial charge in [0.2, 0.25) is 0 Å². The Balaban J connectivity index is 1.86. The van der Waals surface area contributed by atoms with Gasteiger partial charge in [-0.25, -0.2) is 0 Å². The predicted octanol–water partition coefficient (Wildman–Crippen LogP) is 0.767. The van der Waals surface area contributed by atoms with Crippen molar-refractivity contribution in [3.63, 3.8) is 0 Å². The van der Waals surface area contributed by atoms with Crippen LogP contribution in [0.4, 0.5) is 0 Å². The van der Waals surface area contributed by atoms with Gasteiger partial charge >= 0.3 is 0 Å². The van der Waals surface area contributed by atoms with Crippen LogP contribution in [0.15, 0.2) is 24.3 Å². The van der Waals surface area contributed by atoms with Crippen molar-refractivity contribution in [2.24, 2.45) is 5.73 Å². The molecule has 2 rings (SSSR count). The lowest BCUT2D eigenvalue weighted by Crippen LogP contribution is -2.26. The number of hydrogen-bond acceptors (Lipinski definition) is 4. The first kappa shape index (κ1) is 13.8. The van der Waals surface area contributed by atoms with E-state index < -0.39 is 12.2 Å². The molecule has 0 radical (unpaired) electrons. The Labute approximate surface area is 112 Å². The second kappa shape index (κ2) is 5.99. The molecule has 1 heterocycles. The molecule has 0 saturated carbocycles. The summed E-state index contributed by atoms with van der Waals surface area (Å²) in [5, 5.41) is 19.6. The van der Waals surface area contributed by atoms with Gasteiger partial charge in [-0.15, -0.1) is 0 Å². The highest BCUT2D eigenvalue weighted by Crippen LogP contribution is 2.23. The number of β-amino-alcohol motifs (C(OH)–C–C–N with tert-alkyl or cyclic N) is 2. The Morgan fingerprint density at radius 2 is 1.89 bits per heavy atom. The number of benzene rings is 1. The maximum absolute atomic E-state index is 9.45. The molecule has 100 valence electrons. The molecule has 0 bridgehead atoms. The summed E-state index contributed by atoms with van der Waals surface area (Å²) in [5.41, 5.74) is 7.05. The normalized spacial score (nSPS) is 26.4. The van der Waals surface area contributed by atoms with Gasteiger partial charge in [0.1, 0.15) is 0 Å². The zero-order valence-corrected chi connectivity index (χ0v) is 10.9. The lowest BCUT2D eigenvalue weighted by molar-refractivity contribution is 0.0572. The molecular weight excluding hydrogens is 252 g/mol. The third kappa shape index (κ3) is 3.22. The van der Waals surface area contributed by atoms with Gasteiger partial charge in [0.05, 0.1) is 12.2 Å². The quantitative estimate of drug-likeness (QED) is 0.756. The van der Waals surface area contributed by atoms with Gasteiger partial charge < -0.3 is 15.9 Å². The lowest BCUT2D eigenvalue weighted by Gasteiger charge is -2.19. The SMILES string of the molecule is NC(CCN1CC(O)C(O)C1)c1ccccc1Cl. The molecule has 5 heteroatoms. The first-order valence-corrected chi connectivity index (χ1v) is 6.54. The van der Waals surface area contributed by atoms with E-state index in [9.17, 15) is 10.2 Å². The maximum atomic E-state index is 9.45. The van der Waals surface area contributed by atoms with E-state index in [0.717, 1.165) is 18.5 Å². The summed E-state index contributed by atoms with van der Waals surface area (Å²) in [7, 11) is 0. The number of aliphatic hydroxyl groups is 2. The highest BCUT2D eigenvalue weighted by atomic mass is 35.5. The molecule has 4 N–H and O–H groups in total. The third-order valence-corrected chi connectivity index (χ3v) is 3.74. The molecule has 0 amide bonds. The summed E-state index contributed by atoms with van der Waals surface area (Å²) in [6, 6.07) is 7.45. The summed E-state index contributed by atoms with van der Waals surface area (Å²) in [6.07, 6.45) is -0.522. The van der Waals surface area contributed by atoms with Gasteiger partial charge in [-0.05, 0) is 18.1 Å². The average Bonchev–Trinajstić information content (AvgIpc) is 2.66. The molecule has 1 aromatic rings. The first-order valence-electron chi connectivity index (χ1n) is 6.16. The van der Waals surface area contributed by atoms with Crippen molar-refractivity contribution in [2.45, 2.75) is 24.7 Å². The standard InChI is InChI=1S/C13H19ClN2O2/c14-10-4-2-1-3-9(10)11(15)5-6-16-7-12(17)13(18)8-16/h1-4,11-13,17-18H,5-8,15H2. The topological polar surface area (TPSA) is 69.7 Å². The minimum absolute atomic E-state index is 0.117. The summed E-state index contributed by atoms with van der Waals surface area (Å²) in [6.45, 7) is 1.77. The minimum atomic E-state index is -0.637. The molecule has 1 fully saturated rings. The minimum Gasteiger partial charge on any atom is -0.389 e. The van der Waals surface area contributed by atoms with Gasteiger partial charge in [0.25, 0.3) is 0 Å². The monoisotopic (exact) mass is 270 g/mol. The Hall–Kier alpha value is -0.650. The lowest BCUT2D eigenvalue weighted by atomic mass is 10.0. The van der Waals surface area contributed by atoms with E-state index in [1.54, 1.807) is 0 Å². The van der Waals surface area contributed by atoms with Crippen molar-refractivity contribution in [3.05, 3.63) is 34.9 Å². The van der Waals surface area contributed by atoms with Gasteiger partial charge in [-0.1, -0.05) is 29.8 Å². The summed E-state index contributed by atoms with van der Waals surface area (Å²) >= 11 is 6.09. The van der Waals surface area contributed by atoms with Crippen molar-refractivity contribution in [3.8, 4) is 0 Å². The smallest absolute Gasteiger partial charge is 0.0938 e. The summed E-state index contributed by atoms with van der Waals surface area (Å²) < 4.78 is 0. The largest absolute Gasteiger partial charge is 0.389 e. The van der Waals surface area contributed by atoms with Gasteiger partial charge in [-0.2, -0.15) is 0 Å². The van der Waals surface area contributed by atoms with E-state index in [4.69, 9.17) is 17.3 Å². The second-order valence-corrected chi connectivity index (χ2v) is 5.22. The fraction of sp³-hybridized carbons (Fsp3) is 0.538. The number of nitrogens with two attached hydrogens (primary N) is 1. The van der Waals surface area contributed by atoms with Crippen LogP contribution >= 0.6 is 11.6 Å². The fourth-order valence-electron chi connectivity index (χ4n) is 2.28. The Bertz CT molecular complexity index is 392. The predicted molar refractivity (Wildman–Crippen MR) is 71.5 cm³/mol. The highest BCUT2D eigenvalue weighted by Gasteiger charge is 2.29. The zero-order chi connectivity index (χ0) is 13.1. The van der Waals surface area contributed by atoms with E-state index in [1.807, 2.05) is 29.2 Å². The van der Waals surface area contributed by atoms with Crippen LogP contribution in [-0.4, -0.2) is 47.0 Å². The van der Waals surface area contributed by atoms with Gasteiger partial charge in [0, 0.05) is 30.7 Å². The second-order valence-electron chi connectivity index (χ2n) is 4.81. The average molecular weight is 271 g/mol. The number of aliphatic hydroxyl groups excluding tert-OH is 2. The molecule has 3 unspecified atom stereocenters. The van der Waals surface area contributed by atoms with Gasteiger partial charge in [-0.3, -0.25) is 4.90 Å². The molecule has 1 aliphatic heterocycles. The Morgan fingerprint density at radius 1 is 1.28 bits per heavy atom. The number of likely N-dealkylation sites (tertiary alicyclic amines) is 1. The Kier molecular flexibility index (Phi) is 4.59. The Morgan fingerprint density at radius 3 is 2.50 bits per heavy atom. The first-order chi connectivity index (χ1) is 8.58. The van der Waals surface area contributed by atoms with Crippen molar-refractivity contribution in [2.75, 3.05) is 19.6 Å². The van der Waals surface area contributed by atoms with Crippen molar-refractivity contribution in [1.29, 1.82) is 0 Å². The molecule has 3 atom stereocenters. The van der Waals surface area contributed by atoms with Crippen LogP contribution < -0.4 is 5.73 Å². The fourth-order valence-corrected chi connectivity index (χ4v) is 2.56. The van der Waals surface area contributed by atoms with Crippen molar-refractivity contribution < 1.29 is 10.2 Å². The molecule has 1 aromatic carbocycles. The number of nitrogens with zero attached hydrogens (tertiary/aromatic N) is 1. The van der Waals surface area contributed by atoms with Crippen LogP contribution in [0.25, 0.3) is 0 Å². The summed E-state index contributed by atoms with van der Waals surface area (Å²) in [5.74, 6) is 0. The van der Waals surface area contributed by atoms with Crippen LogP contribution in [0.3, 0.4) is 0 Å². The number of rotatable bonds is 4. The number of halogens is 1. The molecular formula is C13H19ClN2O2. The maximum Gasteiger partial charge on any atom is 0.0938 e. The third-order valence-electron chi connectivity index (χ3n) is 3.40. The van der Waals surface area contributed by atoms with E-state index in [1.165, 1.54) is 0 Å². The molecule has 18 heavy (non-hydrogen) atoms. The van der Waals surface area contributed by atoms with Crippen LogP contribution in [0.5, 0.6) is 0 Å². The molecule has 4 nitrogen and oxygen atoms in total. The van der Waals surface area contributed by atoms with Crippen molar-refractivity contribution >= 4 is 11.6 Å². The molecule has 0 aromatic heterocycles. The van der Waals surface area contributed by atoms with Gasteiger partial charge in [0.15, 0.2) is 0 Å². The highest BCUT2D eigenvalue weighted by molar-refractivity contribution is 6.31. The van der Waals surface area contributed by atoms with Crippen molar-refractivity contribution in [1.82, 2.24) is 4.90 Å². The molecule has 0 aliphatic carbocycles. The zero-order valence-electron chi connectivity index (χ0n) is 10.2. The van der Waals surface area contributed by atoms with E-state index in [0.29, 0.717) is 18.1 Å². The summed E-state index contributed by atoms with van der Waals surface area (Å²) in [4.78, 5) is 2.02. The number of hydrogen-bond donors (Lipinski definition) is 3. The van der Waals surface area contributed by atoms with Crippen LogP contribution in [0.1, 0.15) is 18.0 Å². The van der Waals surface area contributed by atoms with Crippen LogP contribution in [0.2, 0.25) is 5.02 Å². The van der Waals surface area contributed by atoms with E-state index in [-0.39, 0.29) is 6.04 Å². The molecule has 1 saturated heterocycles. The van der Waals surface area contributed by atoms with Crippen LogP contribution in [-0.2, 0) is 0 Å². The molecule has 0 spiro atoms. The van der Waals surface area contributed by atoms with E-state index >= 15 is 0 Å².